The maximum Gasteiger partial charge on any atom is 0.257 e. The molecule has 0 atom stereocenters. The number of carbonyl (C=O) groups is 1. The van der Waals surface area contributed by atoms with Gasteiger partial charge in [-0.15, -0.1) is 0 Å². The predicted octanol–water partition coefficient (Wildman–Crippen LogP) is 2.83. The number of guanidine groups is 1. The first kappa shape index (κ1) is 16.0. The quantitative estimate of drug-likeness (QED) is 0.943. The highest BCUT2D eigenvalue weighted by Gasteiger charge is 2.20. The molecule has 6 heteroatoms. The number of hydrogen-bond donors (Lipinski definition) is 1. The van der Waals surface area contributed by atoms with Crippen LogP contribution in [0.3, 0.4) is 0 Å². The molecule has 1 N–H and O–H groups in total. The largest absolute Gasteiger partial charge is 0.497 e. The number of anilines is 1. The lowest BCUT2D eigenvalue weighted by molar-refractivity contribution is 0.0976. The van der Waals surface area contributed by atoms with Crippen LogP contribution in [0.5, 0.6) is 5.75 Å². The van der Waals surface area contributed by atoms with Gasteiger partial charge in [-0.3, -0.25) is 15.1 Å². The fraction of sp³-hybridized carbons (Fsp3) is 0.222. The Morgan fingerprint density at radius 2 is 2.04 bits per heavy atom. The Morgan fingerprint density at radius 3 is 2.75 bits per heavy atom. The van der Waals surface area contributed by atoms with E-state index in [1.807, 2.05) is 4.90 Å². The van der Waals surface area contributed by atoms with Crippen LogP contribution < -0.4 is 15.0 Å². The maximum absolute atomic E-state index is 13.5. The van der Waals surface area contributed by atoms with E-state index in [2.05, 4.69) is 10.3 Å². The molecule has 1 aliphatic heterocycles. The van der Waals surface area contributed by atoms with E-state index in [0.717, 1.165) is 6.42 Å². The Bertz CT molecular complexity index is 759. The molecule has 24 heavy (non-hydrogen) atoms. The fourth-order valence-corrected chi connectivity index (χ4v) is 2.52. The first-order valence-corrected chi connectivity index (χ1v) is 7.70. The highest BCUT2D eigenvalue weighted by atomic mass is 19.1. The number of nitrogens with one attached hydrogen (secondary N) is 1. The summed E-state index contributed by atoms with van der Waals surface area (Å²) >= 11 is 0. The van der Waals surface area contributed by atoms with E-state index >= 15 is 0 Å². The normalized spacial score (nSPS) is 14.1. The third-order valence-electron chi connectivity index (χ3n) is 3.75. The summed E-state index contributed by atoms with van der Waals surface area (Å²) in [7, 11) is 1.57. The SMILES string of the molecule is COc1ccc(C(=O)NC2=NCCCN2c2cccc(F)c2)cc1. The van der Waals surface area contributed by atoms with Crippen molar-refractivity contribution in [2.45, 2.75) is 6.42 Å². The van der Waals surface area contributed by atoms with E-state index in [0.29, 0.717) is 36.0 Å². The summed E-state index contributed by atoms with van der Waals surface area (Å²) in [5.74, 6) is 0.536. The van der Waals surface area contributed by atoms with Gasteiger partial charge in [0, 0.05) is 24.3 Å². The molecule has 0 unspecified atom stereocenters. The molecule has 1 amide bonds. The standard InChI is InChI=1S/C18H18FN3O2/c1-24-16-8-6-13(7-9-16)17(23)21-18-20-10-3-11-22(18)15-5-2-4-14(19)12-15/h2,4-9,12H,3,10-11H2,1H3,(H,20,21,23). The number of methoxy groups -OCH3 is 1. The highest BCUT2D eigenvalue weighted by Crippen LogP contribution is 2.18. The number of ether oxygens (including phenoxy) is 1. The van der Waals surface area contributed by atoms with Gasteiger partial charge in [0.1, 0.15) is 11.6 Å². The molecule has 5 nitrogen and oxygen atoms in total. The number of hydrogen-bond acceptors (Lipinski definition) is 4. The van der Waals surface area contributed by atoms with Crippen LogP contribution >= 0.6 is 0 Å². The van der Waals surface area contributed by atoms with Crippen LogP contribution in [0.1, 0.15) is 16.8 Å². The van der Waals surface area contributed by atoms with E-state index in [1.54, 1.807) is 43.5 Å². The van der Waals surface area contributed by atoms with Gasteiger partial charge in [-0.25, -0.2) is 4.39 Å². The van der Waals surface area contributed by atoms with Gasteiger partial charge >= 0.3 is 0 Å². The zero-order valence-electron chi connectivity index (χ0n) is 13.3. The van der Waals surface area contributed by atoms with Crippen LogP contribution in [-0.4, -0.2) is 32.1 Å². The Hall–Kier alpha value is -2.89. The molecule has 0 aromatic heterocycles. The van der Waals surface area contributed by atoms with Crippen LogP contribution in [0.2, 0.25) is 0 Å². The third kappa shape index (κ3) is 3.53. The van der Waals surface area contributed by atoms with Gasteiger partial charge in [-0.05, 0) is 48.9 Å². The van der Waals surface area contributed by atoms with Gasteiger partial charge in [0.15, 0.2) is 0 Å². The third-order valence-corrected chi connectivity index (χ3v) is 3.75. The number of aliphatic imine (C=N–C) groups is 1. The Kier molecular flexibility index (Phi) is 4.74. The molecule has 3 rings (SSSR count). The van der Waals surface area contributed by atoms with Crippen molar-refractivity contribution in [3.05, 3.63) is 59.9 Å². The van der Waals surface area contributed by atoms with Gasteiger partial charge < -0.3 is 9.64 Å². The molecule has 2 aromatic carbocycles. The number of benzene rings is 2. The Morgan fingerprint density at radius 1 is 1.25 bits per heavy atom. The van der Waals surface area contributed by atoms with Gasteiger partial charge in [0.05, 0.1) is 7.11 Å². The van der Waals surface area contributed by atoms with Crippen molar-refractivity contribution >= 4 is 17.6 Å². The zero-order valence-corrected chi connectivity index (χ0v) is 13.3. The minimum absolute atomic E-state index is 0.264. The lowest BCUT2D eigenvalue weighted by atomic mass is 10.2. The van der Waals surface area contributed by atoms with Crippen molar-refractivity contribution in [1.82, 2.24) is 5.32 Å². The molecule has 2 aromatic rings. The van der Waals surface area contributed by atoms with Crippen molar-refractivity contribution in [1.29, 1.82) is 0 Å². The van der Waals surface area contributed by atoms with E-state index in [9.17, 15) is 9.18 Å². The summed E-state index contributed by atoms with van der Waals surface area (Å²) in [6, 6.07) is 13.1. The second-order valence-corrected chi connectivity index (χ2v) is 5.37. The first-order valence-electron chi connectivity index (χ1n) is 7.70. The van der Waals surface area contributed by atoms with Crippen molar-refractivity contribution in [3.8, 4) is 5.75 Å². The summed E-state index contributed by atoms with van der Waals surface area (Å²) in [5, 5.41) is 2.81. The molecule has 124 valence electrons. The Labute approximate surface area is 139 Å². The number of carbonyl (C=O) groups excluding carboxylic acids is 1. The van der Waals surface area contributed by atoms with Crippen LogP contribution in [0.15, 0.2) is 53.5 Å². The van der Waals surface area contributed by atoms with E-state index in [1.165, 1.54) is 12.1 Å². The minimum Gasteiger partial charge on any atom is -0.497 e. The molecule has 0 radical (unpaired) electrons. The topological polar surface area (TPSA) is 53.9 Å². The first-order chi connectivity index (χ1) is 11.7. The van der Waals surface area contributed by atoms with Crippen LogP contribution in [-0.2, 0) is 0 Å². The van der Waals surface area contributed by atoms with Gasteiger partial charge in [0.25, 0.3) is 5.91 Å². The predicted molar refractivity (Wildman–Crippen MR) is 91.1 cm³/mol. The van der Waals surface area contributed by atoms with E-state index in [-0.39, 0.29) is 11.7 Å². The van der Waals surface area contributed by atoms with Crippen molar-refractivity contribution in [2.24, 2.45) is 4.99 Å². The lowest BCUT2D eigenvalue weighted by Gasteiger charge is -2.29. The molecule has 0 saturated carbocycles. The van der Waals surface area contributed by atoms with E-state index < -0.39 is 0 Å². The van der Waals surface area contributed by atoms with Gasteiger partial charge in [0.2, 0.25) is 5.96 Å². The smallest absolute Gasteiger partial charge is 0.257 e. The molecule has 0 bridgehead atoms. The fourth-order valence-electron chi connectivity index (χ4n) is 2.52. The van der Waals surface area contributed by atoms with Crippen molar-refractivity contribution in [2.75, 3.05) is 25.1 Å². The lowest BCUT2D eigenvalue weighted by Crippen LogP contribution is -2.47. The Balaban J connectivity index is 1.78. The van der Waals surface area contributed by atoms with Gasteiger partial charge in [-0.1, -0.05) is 6.07 Å². The summed E-state index contributed by atoms with van der Waals surface area (Å²) < 4.78 is 18.6. The molecular weight excluding hydrogens is 309 g/mol. The number of rotatable bonds is 3. The number of amides is 1. The molecule has 0 spiro atoms. The number of nitrogens with zero attached hydrogens (tertiary/aromatic N) is 2. The summed E-state index contributed by atoms with van der Waals surface area (Å²) in [5.41, 5.74) is 1.17. The zero-order chi connectivity index (χ0) is 16.9. The summed E-state index contributed by atoms with van der Waals surface area (Å²) in [4.78, 5) is 18.6. The monoisotopic (exact) mass is 327 g/mol. The maximum atomic E-state index is 13.5. The van der Waals surface area contributed by atoms with Crippen molar-refractivity contribution in [3.63, 3.8) is 0 Å². The molecule has 0 aliphatic carbocycles. The molecule has 1 heterocycles. The van der Waals surface area contributed by atoms with Crippen LogP contribution in [0, 0.1) is 5.82 Å². The van der Waals surface area contributed by atoms with Gasteiger partial charge in [-0.2, -0.15) is 0 Å². The average molecular weight is 327 g/mol. The van der Waals surface area contributed by atoms with Crippen LogP contribution in [0.25, 0.3) is 0 Å². The second-order valence-electron chi connectivity index (χ2n) is 5.37. The second kappa shape index (κ2) is 7.12. The molecule has 0 saturated heterocycles. The molecular formula is C18H18FN3O2. The highest BCUT2D eigenvalue weighted by molar-refractivity contribution is 6.11. The minimum atomic E-state index is -0.320. The summed E-state index contributed by atoms with van der Waals surface area (Å²) in [6.45, 7) is 1.30. The van der Waals surface area contributed by atoms with Crippen LogP contribution in [0.4, 0.5) is 10.1 Å². The van der Waals surface area contributed by atoms with Crippen molar-refractivity contribution < 1.29 is 13.9 Å². The average Bonchev–Trinajstić information content (AvgIpc) is 2.62. The van der Waals surface area contributed by atoms with E-state index in [4.69, 9.17) is 4.74 Å². The summed E-state index contributed by atoms with van der Waals surface area (Å²) in [6.07, 6.45) is 0.846. The molecule has 1 aliphatic rings. The number of halogens is 1. The molecule has 0 fully saturated rings.